The van der Waals surface area contributed by atoms with Crippen LogP contribution in [-0.2, 0) is 13.1 Å². The number of hydrogen-bond acceptors (Lipinski definition) is 2. The van der Waals surface area contributed by atoms with Crippen molar-refractivity contribution in [2.75, 3.05) is 5.32 Å². The van der Waals surface area contributed by atoms with Gasteiger partial charge in [-0.2, -0.15) is 5.10 Å². The van der Waals surface area contributed by atoms with Gasteiger partial charge in [-0.25, -0.2) is 0 Å². The summed E-state index contributed by atoms with van der Waals surface area (Å²) in [6, 6.07) is 14.4. The second kappa shape index (κ2) is 6.20. The van der Waals surface area contributed by atoms with Gasteiger partial charge in [-0.05, 0) is 57.0 Å². The Bertz CT molecular complexity index is 760. The van der Waals surface area contributed by atoms with Crippen LogP contribution in [0.2, 0.25) is 0 Å². The largest absolute Gasteiger partial charge is 0.377 e. The third kappa shape index (κ3) is 2.85. The molecule has 1 aromatic heterocycles. The first-order valence-corrected chi connectivity index (χ1v) is 8.41. The summed E-state index contributed by atoms with van der Waals surface area (Å²) < 4.78 is 4.12. The number of rotatable bonds is 4. The Morgan fingerprint density at radius 1 is 1.05 bits per heavy atom. The molecule has 0 aliphatic heterocycles. The Labute approximate surface area is 140 Å². The van der Waals surface area contributed by atoms with Crippen LogP contribution in [0.5, 0.6) is 0 Å². The van der Waals surface area contributed by atoms with Gasteiger partial charge >= 0.3 is 0 Å². The lowest BCUT2D eigenvalue weighted by atomic mass is 10.2. The quantitative estimate of drug-likeness (QED) is 0.643. The number of anilines is 1. The van der Waals surface area contributed by atoms with Crippen LogP contribution in [0.25, 0.3) is 10.9 Å². The Morgan fingerprint density at radius 2 is 1.76 bits per heavy atom. The van der Waals surface area contributed by atoms with Gasteiger partial charge in [0.25, 0.3) is 0 Å². The summed E-state index contributed by atoms with van der Waals surface area (Å²) in [5.74, 6) is 0. The molecule has 0 amide bonds. The molecule has 0 aliphatic rings. The molecular formula is C16H15Br2N3. The Morgan fingerprint density at radius 3 is 2.48 bits per heavy atom. The highest BCUT2D eigenvalue weighted by Gasteiger charge is 2.10. The molecule has 0 bridgehead atoms. The molecule has 108 valence electrons. The topological polar surface area (TPSA) is 29.9 Å². The van der Waals surface area contributed by atoms with E-state index in [9.17, 15) is 0 Å². The molecular weight excluding hydrogens is 394 g/mol. The average molecular weight is 409 g/mol. The SMILES string of the molecule is CCn1nc(CNc2c(Br)cccc2Br)c2ccccc21. The number of aromatic nitrogens is 2. The van der Waals surface area contributed by atoms with Crippen molar-refractivity contribution < 1.29 is 0 Å². The molecule has 2 aromatic carbocycles. The number of halogens is 2. The molecule has 0 spiro atoms. The first kappa shape index (κ1) is 14.6. The Hall–Kier alpha value is -1.33. The molecule has 0 atom stereocenters. The van der Waals surface area contributed by atoms with Gasteiger partial charge in [0.2, 0.25) is 0 Å². The highest BCUT2D eigenvalue weighted by atomic mass is 79.9. The molecule has 1 heterocycles. The normalized spacial score (nSPS) is 11.0. The van der Waals surface area contributed by atoms with E-state index in [1.165, 1.54) is 10.9 Å². The summed E-state index contributed by atoms with van der Waals surface area (Å²) >= 11 is 7.14. The molecule has 3 nitrogen and oxygen atoms in total. The standard InChI is InChI=1S/C16H15Br2N3/c1-2-21-15-9-4-3-6-11(15)14(20-21)10-19-16-12(17)7-5-8-13(16)18/h3-9,19H,2,10H2,1H3. The molecule has 0 unspecified atom stereocenters. The Balaban J connectivity index is 1.92. The van der Waals surface area contributed by atoms with E-state index in [1.54, 1.807) is 0 Å². The van der Waals surface area contributed by atoms with Crippen LogP contribution in [0, 0.1) is 0 Å². The maximum Gasteiger partial charge on any atom is 0.0894 e. The van der Waals surface area contributed by atoms with Crippen molar-refractivity contribution in [2.45, 2.75) is 20.0 Å². The number of hydrogen-bond donors (Lipinski definition) is 1. The predicted octanol–water partition coefficient (Wildman–Crippen LogP) is 5.19. The van der Waals surface area contributed by atoms with Crippen LogP contribution < -0.4 is 5.32 Å². The van der Waals surface area contributed by atoms with Crippen LogP contribution in [-0.4, -0.2) is 9.78 Å². The van der Waals surface area contributed by atoms with E-state index < -0.39 is 0 Å². The van der Waals surface area contributed by atoms with Gasteiger partial charge in [0.1, 0.15) is 0 Å². The predicted molar refractivity (Wildman–Crippen MR) is 94.6 cm³/mol. The van der Waals surface area contributed by atoms with Gasteiger partial charge in [0.05, 0.1) is 23.4 Å². The van der Waals surface area contributed by atoms with Crippen molar-refractivity contribution in [1.29, 1.82) is 0 Å². The average Bonchev–Trinajstić information content (AvgIpc) is 2.85. The molecule has 21 heavy (non-hydrogen) atoms. The highest BCUT2D eigenvalue weighted by molar-refractivity contribution is 9.11. The van der Waals surface area contributed by atoms with Crippen LogP contribution in [0.3, 0.4) is 0 Å². The van der Waals surface area contributed by atoms with Gasteiger partial charge in [-0.1, -0.05) is 24.3 Å². The molecule has 3 rings (SSSR count). The summed E-state index contributed by atoms with van der Waals surface area (Å²) in [4.78, 5) is 0. The smallest absolute Gasteiger partial charge is 0.0894 e. The van der Waals surface area contributed by atoms with E-state index in [0.29, 0.717) is 6.54 Å². The second-order valence-corrected chi connectivity index (χ2v) is 6.44. The maximum atomic E-state index is 4.71. The monoisotopic (exact) mass is 407 g/mol. The van der Waals surface area contributed by atoms with Crippen LogP contribution in [0.4, 0.5) is 5.69 Å². The first-order chi connectivity index (χ1) is 10.2. The highest BCUT2D eigenvalue weighted by Crippen LogP contribution is 2.31. The molecule has 0 fully saturated rings. The molecule has 0 saturated carbocycles. The molecule has 0 radical (unpaired) electrons. The number of para-hydroxylation sites is 2. The summed E-state index contributed by atoms with van der Waals surface area (Å²) in [6.45, 7) is 3.68. The van der Waals surface area contributed by atoms with E-state index >= 15 is 0 Å². The van der Waals surface area contributed by atoms with Crippen molar-refractivity contribution in [3.63, 3.8) is 0 Å². The van der Waals surface area contributed by atoms with Gasteiger partial charge in [-0.3, -0.25) is 4.68 Å². The molecule has 0 saturated heterocycles. The number of nitrogens with one attached hydrogen (secondary N) is 1. The van der Waals surface area contributed by atoms with Crippen LogP contribution in [0.15, 0.2) is 51.4 Å². The third-order valence-corrected chi connectivity index (χ3v) is 4.75. The number of benzene rings is 2. The van der Waals surface area contributed by atoms with Crippen molar-refractivity contribution >= 4 is 48.5 Å². The minimum atomic E-state index is 0.689. The Kier molecular flexibility index (Phi) is 4.31. The third-order valence-electron chi connectivity index (χ3n) is 3.43. The minimum Gasteiger partial charge on any atom is -0.377 e. The van der Waals surface area contributed by atoms with Crippen molar-refractivity contribution in [3.8, 4) is 0 Å². The molecule has 5 heteroatoms. The lowest BCUT2D eigenvalue weighted by Crippen LogP contribution is -2.03. The molecule has 0 aliphatic carbocycles. The lowest BCUT2D eigenvalue weighted by Gasteiger charge is -2.09. The van der Waals surface area contributed by atoms with E-state index in [1.807, 2.05) is 22.9 Å². The number of nitrogens with zero attached hydrogens (tertiary/aromatic N) is 2. The molecule has 3 aromatic rings. The van der Waals surface area contributed by atoms with Crippen LogP contribution in [0.1, 0.15) is 12.6 Å². The number of fused-ring (bicyclic) bond motifs is 1. The number of aryl methyl sites for hydroxylation is 1. The van der Waals surface area contributed by atoms with E-state index in [0.717, 1.165) is 26.9 Å². The van der Waals surface area contributed by atoms with Gasteiger partial charge in [-0.15, -0.1) is 0 Å². The maximum absolute atomic E-state index is 4.71. The van der Waals surface area contributed by atoms with Gasteiger partial charge in [0, 0.05) is 20.9 Å². The zero-order valence-corrected chi connectivity index (χ0v) is 14.8. The van der Waals surface area contributed by atoms with Gasteiger partial charge < -0.3 is 5.32 Å². The fourth-order valence-corrected chi connectivity index (χ4v) is 3.69. The van der Waals surface area contributed by atoms with E-state index in [4.69, 9.17) is 5.10 Å². The second-order valence-electron chi connectivity index (χ2n) is 4.73. The minimum absolute atomic E-state index is 0.689. The zero-order valence-electron chi connectivity index (χ0n) is 11.6. The fourth-order valence-electron chi connectivity index (χ4n) is 2.41. The van der Waals surface area contributed by atoms with E-state index in [-0.39, 0.29) is 0 Å². The van der Waals surface area contributed by atoms with Crippen LogP contribution >= 0.6 is 31.9 Å². The van der Waals surface area contributed by atoms with Crippen molar-refractivity contribution in [1.82, 2.24) is 9.78 Å². The van der Waals surface area contributed by atoms with Crippen molar-refractivity contribution in [3.05, 3.63) is 57.1 Å². The van der Waals surface area contributed by atoms with Gasteiger partial charge in [0.15, 0.2) is 0 Å². The molecule has 1 N–H and O–H groups in total. The summed E-state index contributed by atoms with van der Waals surface area (Å²) in [6.07, 6.45) is 0. The lowest BCUT2D eigenvalue weighted by molar-refractivity contribution is 0.671. The van der Waals surface area contributed by atoms with Crippen molar-refractivity contribution in [2.24, 2.45) is 0 Å². The summed E-state index contributed by atoms with van der Waals surface area (Å²) in [5, 5.41) is 9.37. The fraction of sp³-hybridized carbons (Fsp3) is 0.188. The summed E-state index contributed by atoms with van der Waals surface area (Å²) in [7, 11) is 0. The van der Waals surface area contributed by atoms with E-state index in [2.05, 4.69) is 68.4 Å². The summed E-state index contributed by atoms with van der Waals surface area (Å²) in [5.41, 5.74) is 3.30. The zero-order chi connectivity index (χ0) is 14.8. The first-order valence-electron chi connectivity index (χ1n) is 6.83.